The Bertz CT molecular complexity index is 658. The van der Waals surface area contributed by atoms with Gasteiger partial charge in [-0.05, 0) is 52.7 Å². The molecule has 0 aliphatic carbocycles. The summed E-state index contributed by atoms with van der Waals surface area (Å²) in [5, 5.41) is 0. The molecule has 0 bridgehead atoms. The fraction of sp³-hybridized carbons (Fsp3) is 0.455. The first-order valence-corrected chi connectivity index (χ1v) is 11.4. The third kappa shape index (κ3) is 3.71. The van der Waals surface area contributed by atoms with Gasteiger partial charge in [0.05, 0.1) is 12.1 Å². The topological polar surface area (TPSA) is 6.48 Å². The first-order chi connectivity index (χ1) is 12.1. The lowest BCUT2D eigenvalue weighted by Gasteiger charge is -2.40. The Morgan fingerprint density at radius 2 is 0.962 bits per heavy atom. The highest BCUT2D eigenvalue weighted by Crippen LogP contribution is 2.71. The van der Waals surface area contributed by atoms with E-state index in [0.717, 1.165) is 0 Å². The minimum Gasteiger partial charge on any atom is -0.243 e. The SMILES string of the molecule is CC(C)(C)N1[C@@H](c2ccccc2)[C@H](c2ccccc2)N(C(C)(C)C)P1Cl. The Morgan fingerprint density at radius 3 is 1.23 bits per heavy atom. The fourth-order valence-electron chi connectivity index (χ4n) is 3.85. The van der Waals surface area contributed by atoms with Crippen molar-refractivity contribution in [2.45, 2.75) is 64.7 Å². The van der Waals surface area contributed by atoms with Gasteiger partial charge in [0.1, 0.15) is 7.58 Å². The molecule has 0 aromatic heterocycles. The van der Waals surface area contributed by atoms with Gasteiger partial charge in [0.2, 0.25) is 0 Å². The van der Waals surface area contributed by atoms with E-state index in [2.05, 4.69) is 112 Å². The lowest BCUT2D eigenvalue weighted by atomic mass is 9.89. The van der Waals surface area contributed by atoms with Crippen LogP contribution in [-0.2, 0) is 0 Å². The second-order valence-electron chi connectivity index (χ2n) is 8.98. The number of halogens is 1. The summed E-state index contributed by atoms with van der Waals surface area (Å²) in [6.45, 7) is 13.6. The fourth-order valence-corrected chi connectivity index (χ4v) is 7.91. The summed E-state index contributed by atoms with van der Waals surface area (Å²) in [5.74, 6) is 0. The van der Waals surface area contributed by atoms with Crippen LogP contribution in [-0.4, -0.2) is 20.4 Å². The van der Waals surface area contributed by atoms with Gasteiger partial charge in [0.15, 0.2) is 0 Å². The van der Waals surface area contributed by atoms with Gasteiger partial charge < -0.3 is 0 Å². The smallest absolute Gasteiger partial charge is 0.142 e. The highest BCUT2D eigenvalue weighted by molar-refractivity contribution is 7.80. The highest BCUT2D eigenvalue weighted by Gasteiger charge is 2.54. The Balaban J connectivity index is 2.22. The van der Waals surface area contributed by atoms with Crippen LogP contribution in [0.4, 0.5) is 0 Å². The van der Waals surface area contributed by atoms with E-state index in [9.17, 15) is 0 Å². The van der Waals surface area contributed by atoms with Crippen LogP contribution in [0.5, 0.6) is 0 Å². The monoisotopic (exact) mass is 388 g/mol. The maximum absolute atomic E-state index is 7.22. The lowest BCUT2D eigenvalue weighted by molar-refractivity contribution is 0.153. The van der Waals surface area contributed by atoms with Crippen molar-refractivity contribution in [3.63, 3.8) is 0 Å². The van der Waals surface area contributed by atoms with Crippen molar-refractivity contribution in [3.8, 4) is 0 Å². The van der Waals surface area contributed by atoms with Crippen molar-refractivity contribution in [2.24, 2.45) is 0 Å². The minimum absolute atomic E-state index is 0.0268. The van der Waals surface area contributed by atoms with E-state index >= 15 is 0 Å². The molecular weight excluding hydrogens is 359 g/mol. The number of rotatable bonds is 2. The van der Waals surface area contributed by atoms with Crippen molar-refractivity contribution in [3.05, 3.63) is 71.8 Å². The molecule has 1 heterocycles. The summed E-state index contributed by atoms with van der Waals surface area (Å²) in [7, 11) is -0.955. The molecule has 0 N–H and O–H groups in total. The molecule has 2 aromatic rings. The lowest BCUT2D eigenvalue weighted by Crippen LogP contribution is -2.37. The van der Waals surface area contributed by atoms with Crippen LogP contribution in [0.3, 0.4) is 0 Å². The van der Waals surface area contributed by atoms with E-state index in [1.54, 1.807) is 0 Å². The highest BCUT2D eigenvalue weighted by atomic mass is 35.7. The molecule has 0 amide bonds. The van der Waals surface area contributed by atoms with Crippen molar-refractivity contribution >= 4 is 18.8 Å². The standard InChI is InChI=1S/C22H30ClN2P/c1-21(2,3)24-19(17-13-9-7-10-14-17)20(18-15-11-8-12-16-18)25(26(24)23)22(4,5)6/h7-16,19-20H,1-6H3/t19-,20-/m0/s1. The molecule has 4 heteroatoms. The summed E-state index contributed by atoms with van der Waals surface area (Å²) >= 11 is 7.22. The zero-order chi connectivity index (χ0) is 19.1. The van der Waals surface area contributed by atoms with Crippen LogP contribution in [0.25, 0.3) is 0 Å². The molecule has 140 valence electrons. The molecule has 2 nitrogen and oxygen atoms in total. The molecule has 0 spiro atoms. The number of nitrogens with zero attached hydrogens (tertiary/aromatic N) is 2. The average molecular weight is 389 g/mol. The minimum atomic E-state index is -0.955. The van der Waals surface area contributed by atoms with Crippen molar-refractivity contribution in [2.75, 3.05) is 0 Å². The second kappa shape index (κ2) is 7.24. The predicted molar refractivity (Wildman–Crippen MR) is 114 cm³/mol. The summed E-state index contributed by atoms with van der Waals surface area (Å²) in [6, 6.07) is 22.1. The predicted octanol–water partition coefficient (Wildman–Crippen LogP) is 7.15. The van der Waals surface area contributed by atoms with Gasteiger partial charge in [-0.1, -0.05) is 71.9 Å². The number of hydrogen-bond acceptors (Lipinski definition) is 2. The normalized spacial score (nSPS) is 23.5. The van der Waals surface area contributed by atoms with E-state index in [1.807, 2.05) is 0 Å². The average Bonchev–Trinajstić information content (AvgIpc) is 2.90. The van der Waals surface area contributed by atoms with Crippen molar-refractivity contribution in [1.29, 1.82) is 0 Å². The Hall–Kier alpha value is -0.920. The molecule has 3 rings (SSSR count). The second-order valence-corrected chi connectivity index (χ2v) is 11.2. The summed E-state index contributed by atoms with van der Waals surface area (Å²) in [6.07, 6.45) is 0. The quantitative estimate of drug-likeness (QED) is 0.504. The zero-order valence-electron chi connectivity index (χ0n) is 16.6. The molecule has 0 unspecified atom stereocenters. The van der Waals surface area contributed by atoms with Gasteiger partial charge in [-0.15, -0.1) is 0 Å². The van der Waals surface area contributed by atoms with E-state index in [4.69, 9.17) is 11.2 Å². The summed E-state index contributed by atoms with van der Waals surface area (Å²) < 4.78 is 5.06. The molecule has 0 saturated carbocycles. The summed E-state index contributed by atoms with van der Waals surface area (Å²) in [4.78, 5) is 0. The van der Waals surface area contributed by atoms with Gasteiger partial charge in [-0.2, -0.15) is 0 Å². The molecule has 2 aromatic carbocycles. The first kappa shape index (κ1) is 19.8. The third-order valence-corrected chi connectivity index (χ3v) is 8.22. The number of benzene rings is 2. The van der Waals surface area contributed by atoms with Crippen LogP contribution in [0.15, 0.2) is 60.7 Å². The Kier molecular flexibility index (Phi) is 5.53. The van der Waals surface area contributed by atoms with E-state index in [0.29, 0.717) is 0 Å². The molecule has 2 atom stereocenters. The van der Waals surface area contributed by atoms with E-state index in [1.165, 1.54) is 11.1 Å². The van der Waals surface area contributed by atoms with Gasteiger partial charge in [-0.25, -0.2) is 9.34 Å². The first-order valence-electron chi connectivity index (χ1n) is 9.26. The summed E-state index contributed by atoms with van der Waals surface area (Å²) in [5.41, 5.74) is 2.61. The molecule has 1 fully saturated rings. The van der Waals surface area contributed by atoms with E-state index in [-0.39, 0.29) is 23.2 Å². The van der Waals surface area contributed by atoms with Crippen LogP contribution in [0, 0.1) is 0 Å². The maximum Gasteiger partial charge on any atom is 0.142 e. The van der Waals surface area contributed by atoms with Crippen molar-refractivity contribution < 1.29 is 0 Å². The van der Waals surface area contributed by atoms with Crippen LogP contribution in [0.2, 0.25) is 0 Å². The van der Waals surface area contributed by atoms with Gasteiger partial charge >= 0.3 is 0 Å². The van der Waals surface area contributed by atoms with Crippen LogP contribution in [0.1, 0.15) is 64.8 Å². The van der Waals surface area contributed by atoms with Crippen LogP contribution < -0.4 is 0 Å². The van der Waals surface area contributed by atoms with Gasteiger partial charge in [-0.3, -0.25) is 0 Å². The molecule has 0 radical (unpaired) electrons. The molecule has 26 heavy (non-hydrogen) atoms. The Morgan fingerprint density at radius 1 is 0.654 bits per heavy atom. The molecule has 1 saturated heterocycles. The largest absolute Gasteiger partial charge is 0.243 e. The molecule has 1 aliphatic rings. The third-order valence-electron chi connectivity index (χ3n) is 4.84. The maximum atomic E-state index is 7.22. The van der Waals surface area contributed by atoms with Crippen molar-refractivity contribution in [1.82, 2.24) is 9.34 Å². The molecule has 1 aliphatic heterocycles. The molecular formula is C22H30ClN2P. The van der Waals surface area contributed by atoms with Crippen LogP contribution >= 0.6 is 18.8 Å². The Labute approximate surface area is 164 Å². The zero-order valence-corrected chi connectivity index (χ0v) is 18.3. The number of hydrogen-bond donors (Lipinski definition) is 0. The van der Waals surface area contributed by atoms with Gasteiger partial charge in [0, 0.05) is 11.1 Å². The van der Waals surface area contributed by atoms with E-state index < -0.39 is 7.58 Å². The van der Waals surface area contributed by atoms with Gasteiger partial charge in [0.25, 0.3) is 0 Å².